The molecule has 1 aliphatic rings. The molecule has 1 aromatic carbocycles. The molecule has 1 fully saturated rings. The Morgan fingerprint density at radius 1 is 1.50 bits per heavy atom. The Labute approximate surface area is 94.7 Å². The van der Waals surface area contributed by atoms with E-state index in [9.17, 15) is 4.79 Å². The molecule has 0 aliphatic carbocycles. The summed E-state index contributed by atoms with van der Waals surface area (Å²) in [5.74, 6) is -0.345. The van der Waals surface area contributed by atoms with Gasteiger partial charge in [0.25, 0.3) is 0 Å². The fourth-order valence-corrected chi connectivity index (χ4v) is 1.68. The summed E-state index contributed by atoms with van der Waals surface area (Å²) in [6, 6.07) is 7.23. The average molecular weight is 218 g/mol. The van der Waals surface area contributed by atoms with Crippen molar-refractivity contribution in [2.45, 2.75) is 19.1 Å². The Balaban J connectivity index is 2.10. The van der Waals surface area contributed by atoms with Crippen molar-refractivity contribution >= 4 is 12.0 Å². The molecule has 2 rings (SSSR count). The molecule has 1 unspecified atom stereocenters. The summed E-state index contributed by atoms with van der Waals surface area (Å²) in [7, 11) is 0. The molecule has 0 amide bonds. The molecule has 0 spiro atoms. The Morgan fingerprint density at radius 2 is 2.31 bits per heavy atom. The molecule has 1 atom stereocenters. The number of carbonyl (C=O) groups excluding carboxylic acids is 1. The number of carbonyl (C=O) groups is 1. The van der Waals surface area contributed by atoms with Crippen LogP contribution < -0.4 is 0 Å². The van der Waals surface area contributed by atoms with Crippen LogP contribution in [0.3, 0.4) is 0 Å². The van der Waals surface area contributed by atoms with Crippen LogP contribution in [0.15, 0.2) is 30.8 Å². The fourth-order valence-electron chi connectivity index (χ4n) is 1.68. The van der Waals surface area contributed by atoms with Gasteiger partial charge in [-0.1, -0.05) is 30.9 Å². The highest BCUT2D eigenvalue weighted by Crippen LogP contribution is 2.17. The fraction of sp³-hybridized carbons (Fsp3) is 0.308. The third kappa shape index (κ3) is 2.31. The maximum atomic E-state index is 11.8. The summed E-state index contributed by atoms with van der Waals surface area (Å²) < 4.78 is 10.5. The number of hydrogen-bond donors (Lipinski definition) is 0. The van der Waals surface area contributed by atoms with Gasteiger partial charge in [0.15, 0.2) is 0 Å². The van der Waals surface area contributed by atoms with Gasteiger partial charge in [0, 0.05) is 6.42 Å². The second-order valence-corrected chi connectivity index (χ2v) is 3.64. The predicted molar refractivity (Wildman–Crippen MR) is 60.9 cm³/mol. The SMILES string of the molecule is C=Cc1ccccc1C(=O)OC1CCCO1. The van der Waals surface area contributed by atoms with Crippen molar-refractivity contribution in [3.8, 4) is 0 Å². The summed E-state index contributed by atoms with van der Waals surface area (Å²) >= 11 is 0. The van der Waals surface area contributed by atoms with Gasteiger partial charge in [-0.2, -0.15) is 0 Å². The second-order valence-electron chi connectivity index (χ2n) is 3.64. The lowest BCUT2D eigenvalue weighted by Gasteiger charge is -2.12. The second kappa shape index (κ2) is 4.94. The first-order valence-corrected chi connectivity index (χ1v) is 5.35. The summed E-state index contributed by atoms with van der Waals surface area (Å²) in [6.07, 6.45) is 2.99. The Kier molecular flexibility index (Phi) is 3.37. The first-order chi connectivity index (χ1) is 7.81. The van der Waals surface area contributed by atoms with Gasteiger partial charge in [-0.3, -0.25) is 0 Å². The molecule has 1 aromatic rings. The molecule has 3 heteroatoms. The van der Waals surface area contributed by atoms with E-state index in [2.05, 4.69) is 6.58 Å². The minimum absolute atomic E-state index is 0.345. The molecule has 0 radical (unpaired) electrons. The van der Waals surface area contributed by atoms with Gasteiger partial charge in [-0.05, 0) is 18.1 Å². The van der Waals surface area contributed by atoms with E-state index in [-0.39, 0.29) is 12.3 Å². The van der Waals surface area contributed by atoms with Crippen LogP contribution in [0.25, 0.3) is 6.08 Å². The minimum atomic E-state index is -0.384. The Bertz CT molecular complexity index is 392. The normalized spacial score (nSPS) is 19.4. The van der Waals surface area contributed by atoms with Crippen LogP contribution in [0.5, 0.6) is 0 Å². The summed E-state index contributed by atoms with van der Waals surface area (Å²) in [6.45, 7) is 4.33. The molecule has 0 bridgehead atoms. The molecule has 1 saturated heterocycles. The molecule has 0 N–H and O–H groups in total. The van der Waals surface area contributed by atoms with E-state index in [4.69, 9.17) is 9.47 Å². The van der Waals surface area contributed by atoms with Crippen LogP contribution in [-0.4, -0.2) is 18.9 Å². The average Bonchev–Trinajstić information content (AvgIpc) is 2.81. The summed E-state index contributed by atoms with van der Waals surface area (Å²) in [5.41, 5.74) is 1.32. The molecule has 0 saturated carbocycles. The van der Waals surface area contributed by atoms with Crippen molar-refractivity contribution < 1.29 is 14.3 Å². The lowest BCUT2D eigenvalue weighted by Crippen LogP contribution is -2.17. The number of hydrogen-bond acceptors (Lipinski definition) is 3. The van der Waals surface area contributed by atoms with E-state index in [0.717, 1.165) is 18.4 Å². The van der Waals surface area contributed by atoms with Gasteiger partial charge in [-0.15, -0.1) is 0 Å². The van der Waals surface area contributed by atoms with Crippen molar-refractivity contribution in [2.24, 2.45) is 0 Å². The maximum Gasteiger partial charge on any atom is 0.341 e. The summed E-state index contributed by atoms with van der Waals surface area (Å²) in [4.78, 5) is 11.8. The van der Waals surface area contributed by atoms with E-state index < -0.39 is 0 Å². The highest BCUT2D eigenvalue weighted by Gasteiger charge is 2.21. The van der Waals surface area contributed by atoms with Crippen molar-refractivity contribution in [1.82, 2.24) is 0 Å². The highest BCUT2D eigenvalue weighted by molar-refractivity contribution is 5.93. The third-order valence-electron chi connectivity index (χ3n) is 2.53. The van der Waals surface area contributed by atoms with Crippen LogP contribution in [-0.2, 0) is 9.47 Å². The monoisotopic (exact) mass is 218 g/mol. The van der Waals surface area contributed by atoms with Gasteiger partial charge >= 0.3 is 5.97 Å². The first kappa shape index (κ1) is 10.9. The number of rotatable bonds is 3. The van der Waals surface area contributed by atoms with Gasteiger partial charge in [0.2, 0.25) is 6.29 Å². The molecular formula is C13H14O3. The van der Waals surface area contributed by atoms with E-state index in [1.165, 1.54) is 0 Å². The van der Waals surface area contributed by atoms with Gasteiger partial charge in [-0.25, -0.2) is 4.79 Å². The summed E-state index contributed by atoms with van der Waals surface area (Å²) in [5, 5.41) is 0. The predicted octanol–water partition coefficient (Wildman–Crippen LogP) is 2.62. The molecule has 1 heterocycles. The molecule has 3 nitrogen and oxygen atoms in total. The lowest BCUT2D eigenvalue weighted by atomic mass is 10.1. The van der Waals surface area contributed by atoms with Crippen LogP contribution in [0, 0.1) is 0 Å². The van der Waals surface area contributed by atoms with Crippen LogP contribution in [0.1, 0.15) is 28.8 Å². The Hall–Kier alpha value is -1.61. The van der Waals surface area contributed by atoms with Crippen LogP contribution >= 0.6 is 0 Å². The largest absolute Gasteiger partial charge is 0.432 e. The Morgan fingerprint density at radius 3 is 3.00 bits per heavy atom. The molecule has 84 valence electrons. The minimum Gasteiger partial charge on any atom is -0.432 e. The maximum absolute atomic E-state index is 11.8. The standard InChI is InChI=1S/C13H14O3/c1-2-10-6-3-4-7-11(10)13(14)16-12-8-5-9-15-12/h2-4,6-7,12H,1,5,8-9H2. The van der Waals surface area contributed by atoms with E-state index in [0.29, 0.717) is 12.2 Å². The molecular weight excluding hydrogens is 204 g/mol. The zero-order chi connectivity index (χ0) is 11.4. The topological polar surface area (TPSA) is 35.5 Å². The van der Waals surface area contributed by atoms with E-state index >= 15 is 0 Å². The van der Waals surface area contributed by atoms with Gasteiger partial charge in [0.05, 0.1) is 12.2 Å². The number of benzene rings is 1. The third-order valence-corrected chi connectivity index (χ3v) is 2.53. The lowest BCUT2D eigenvalue weighted by molar-refractivity contribution is -0.0775. The zero-order valence-electron chi connectivity index (χ0n) is 9.02. The van der Waals surface area contributed by atoms with Crippen molar-refractivity contribution in [2.75, 3.05) is 6.61 Å². The molecule has 0 aromatic heterocycles. The van der Waals surface area contributed by atoms with E-state index in [1.54, 1.807) is 18.2 Å². The molecule has 16 heavy (non-hydrogen) atoms. The van der Waals surface area contributed by atoms with Gasteiger partial charge < -0.3 is 9.47 Å². The highest BCUT2D eigenvalue weighted by atomic mass is 16.7. The quantitative estimate of drug-likeness (QED) is 0.731. The van der Waals surface area contributed by atoms with Crippen LogP contribution in [0.2, 0.25) is 0 Å². The smallest absolute Gasteiger partial charge is 0.341 e. The van der Waals surface area contributed by atoms with Crippen molar-refractivity contribution in [1.29, 1.82) is 0 Å². The number of ether oxygens (including phenoxy) is 2. The number of esters is 1. The van der Waals surface area contributed by atoms with E-state index in [1.807, 2.05) is 12.1 Å². The first-order valence-electron chi connectivity index (χ1n) is 5.35. The van der Waals surface area contributed by atoms with Crippen molar-refractivity contribution in [3.05, 3.63) is 42.0 Å². The zero-order valence-corrected chi connectivity index (χ0v) is 9.02. The van der Waals surface area contributed by atoms with Crippen molar-refractivity contribution in [3.63, 3.8) is 0 Å². The van der Waals surface area contributed by atoms with Crippen LogP contribution in [0.4, 0.5) is 0 Å². The molecule has 1 aliphatic heterocycles. The van der Waals surface area contributed by atoms with Gasteiger partial charge in [0.1, 0.15) is 0 Å².